The number of carbonyl (C=O) groups is 2. The Hall–Kier alpha value is -2.05. The first-order valence-electron chi connectivity index (χ1n) is 5.45. The number of carbonyl (C=O) groups excluding carboxylic acids is 1. The molecule has 0 aliphatic carbocycles. The van der Waals surface area contributed by atoms with Gasteiger partial charge in [-0.2, -0.15) is 13.2 Å². The van der Waals surface area contributed by atoms with Crippen molar-refractivity contribution >= 4 is 17.6 Å². The van der Waals surface area contributed by atoms with E-state index in [1.54, 1.807) is 12.1 Å². The Kier molecular flexibility index (Phi) is 4.52. The van der Waals surface area contributed by atoms with Gasteiger partial charge in [0.2, 0.25) is 0 Å². The van der Waals surface area contributed by atoms with Gasteiger partial charge in [0.1, 0.15) is 6.54 Å². The number of hydrogen-bond donors (Lipinski definition) is 1. The Morgan fingerprint density at radius 1 is 1.21 bits per heavy atom. The van der Waals surface area contributed by atoms with E-state index in [1.807, 2.05) is 6.92 Å². The number of amides is 1. The maximum atomic E-state index is 12.4. The van der Waals surface area contributed by atoms with Crippen molar-refractivity contribution in [2.24, 2.45) is 0 Å². The molecule has 0 bridgehead atoms. The van der Waals surface area contributed by atoms with E-state index in [1.165, 1.54) is 12.1 Å². The second-order valence-electron chi connectivity index (χ2n) is 3.80. The highest BCUT2D eigenvalue weighted by atomic mass is 19.4. The van der Waals surface area contributed by atoms with Crippen LogP contribution in [0.15, 0.2) is 24.3 Å². The minimum absolute atomic E-state index is 0.0954. The fraction of sp³-hybridized carbons (Fsp3) is 0.333. The van der Waals surface area contributed by atoms with Gasteiger partial charge in [0, 0.05) is 5.69 Å². The van der Waals surface area contributed by atoms with Crippen molar-refractivity contribution in [1.82, 2.24) is 0 Å². The second-order valence-corrected chi connectivity index (χ2v) is 3.80. The average Bonchev–Trinajstić information content (AvgIpc) is 2.34. The Bertz CT molecular complexity index is 468. The number of nitrogens with zero attached hydrogens (tertiary/aromatic N) is 1. The molecule has 0 unspecified atom stereocenters. The van der Waals surface area contributed by atoms with E-state index in [0.29, 0.717) is 6.42 Å². The third-order valence-corrected chi connectivity index (χ3v) is 2.44. The maximum Gasteiger partial charge on any atom is 0.471 e. The molecule has 0 saturated carbocycles. The molecule has 0 spiro atoms. The minimum atomic E-state index is -5.11. The van der Waals surface area contributed by atoms with Gasteiger partial charge in [-0.05, 0) is 24.1 Å². The maximum absolute atomic E-state index is 12.4. The SMILES string of the molecule is CCc1ccc(N(CC(=O)O)C(=O)C(F)(F)F)cc1. The zero-order valence-corrected chi connectivity index (χ0v) is 10.1. The minimum Gasteiger partial charge on any atom is -0.480 e. The van der Waals surface area contributed by atoms with Crippen LogP contribution in [0, 0.1) is 0 Å². The zero-order chi connectivity index (χ0) is 14.6. The smallest absolute Gasteiger partial charge is 0.471 e. The lowest BCUT2D eigenvalue weighted by Crippen LogP contribution is -2.44. The topological polar surface area (TPSA) is 57.6 Å². The molecule has 7 heteroatoms. The second kappa shape index (κ2) is 5.73. The van der Waals surface area contributed by atoms with E-state index in [2.05, 4.69) is 0 Å². The quantitative estimate of drug-likeness (QED) is 0.916. The molecule has 19 heavy (non-hydrogen) atoms. The summed E-state index contributed by atoms with van der Waals surface area (Å²) >= 11 is 0. The van der Waals surface area contributed by atoms with E-state index < -0.39 is 24.6 Å². The summed E-state index contributed by atoms with van der Waals surface area (Å²) in [5, 5.41) is 8.60. The Morgan fingerprint density at radius 2 is 1.74 bits per heavy atom. The molecule has 0 heterocycles. The highest BCUT2D eigenvalue weighted by Gasteiger charge is 2.43. The molecular formula is C12H12F3NO3. The molecule has 0 aromatic heterocycles. The molecule has 1 aromatic rings. The predicted octanol–water partition coefficient (Wildman–Crippen LogP) is 2.23. The van der Waals surface area contributed by atoms with Gasteiger partial charge in [0.25, 0.3) is 0 Å². The number of anilines is 1. The number of carboxylic acid groups (broad SMARTS) is 1. The highest BCUT2D eigenvalue weighted by Crippen LogP contribution is 2.24. The fourth-order valence-corrected chi connectivity index (χ4v) is 1.48. The number of aliphatic carboxylic acids is 1. The van der Waals surface area contributed by atoms with Crippen molar-refractivity contribution < 1.29 is 27.9 Å². The molecule has 1 rings (SSSR count). The summed E-state index contributed by atoms with van der Waals surface area (Å²) in [6, 6.07) is 5.69. The first-order chi connectivity index (χ1) is 8.75. The lowest BCUT2D eigenvalue weighted by Gasteiger charge is -2.22. The average molecular weight is 275 g/mol. The van der Waals surface area contributed by atoms with Gasteiger partial charge in [-0.25, -0.2) is 0 Å². The van der Waals surface area contributed by atoms with E-state index in [0.717, 1.165) is 5.56 Å². The molecule has 1 amide bonds. The monoisotopic (exact) mass is 275 g/mol. The lowest BCUT2D eigenvalue weighted by atomic mass is 10.1. The fourth-order valence-electron chi connectivity index (χ4n) is 1.48. The number of carboxylic acids is 1. The molecule has 0 radical (unpaired) electrons. The normalized spacial score (nSPS) is 11.2. The zero-order valence-electron chi connectivity index (χ0n) is 10.1. The van der Waals surface area contributed by atoms with E-state index in [4.69, 9.17) is 5.11 Å². The van der Waals surface area contributed by atoms with E-state index in [-0.39, 0.29) is 10.6 Å². The molecule has 0 atom stereocenters. The molecule has 4 nitrogen and oxygen atoms in total. The summed E-state index contributed by atoms with van der Waals surface area (Å²) in [6.07, 6.45) is -4.43. The van der Waals surface area contributed by atoms with Crippen LogP contribution in [-0.2, 0) is 16.0 Å². The summed E-state index contributed by atoms with van der Waals surface area (Å²) in [5.41, 5.74) is 0.778. The molecule has 0 saturated heterocycles. The number of halogens is 3. The molecule has 0 aliphatic rings. The summed E-state index contributed by atoms with van der Waals surface area (Å²) in [7, 11) is 0. The Morgan fingerprint density at radius 3 is 2.11 bits per heavy atom. The van der Waals surface area contributed by atoms with E-state index >= 15 is 0 Å². The predicted molar refractivity (Wildman–Crippen MR) is 61.9 cm³/mol. The molecule has 104 valence electrons. The van der Waals surface area contributed by atoms with Crippen molar-refractivity contribution in [1.29, 1.82) is 0 Å². The van der Waals surface area contributed by atoms with Crippen LogP contribution in [0.4, 0.5) is 18.9 Å². The summed E-state index contributed by atoms with van der Waals surface area (Å²) < 4.78 is 37.2. The van der Waals surface area contributed by atoms with Crippen molar-refractivity contribution in [3.05, 3.63) is 29.8 Å². The summed E-state index contributed by atoms with van der Waals surface area (Å²) in [6.45, 7) is 0.828. The van der Waals surface area contributed by atoms with Gasteiger partial charge >= 0.3 is 18.1 Å². The highest BCUT2D eigenvalue weighted by molar-refractivity contribution is 6.00. The van der Waals surface area contributed by atoms with Gasteiger partial charge in [0.05, 0.1) is 0 Å². The first-order valence-corrected chi connectivity index (χ1v) is 5.45. The van der Waals surface area contributed by atoms with Crippen molar-refractivity contribution in [2.45, 2.75) is 19.5 Å². The van der Waals surface area contributed by atoms with Crippen LogP contribution < -0.4 is 4.90 Å². The number of benzene rings is 1. The molecule has 0 aliphatic heterocycles. The van der Waals surface area contributed by atoms with Crippen molar-refractivity contribution in [3.63, 3.8) is 0 Å². The van der Waals surface area contributed by atoms with Crippen LogP contribution in [0.25, 0.3) is 0 Å². The molecule has 1 N–H and O–H groups in total. The number of alkyl halides is 3. The summed E-state index contributed by atoms with van der Waals surface area (Å²) in [5.74, 6) is -3.71. The van der Waals surface area contributed by atoms with Crippen molar-refractivity contribution in [3.8, 4) is 0 Å². The third kappa shape index (κ3) is 3.97. The van der Waals surface area contributed by atoms with Crippen LogP contribution in [-0.4, -0.2) is 29.7 Å². The number of rotatable bonds is 4. The van der Waals surface area contributed by atoms with E-state index in [9.17, 15) is 22.8 Å². The molecule has 1 aromatic carbocycles. The van der Waals surface area contributed by atoms with Gasteiger partial charge < -0.3 is 5.11 Å². The number of hydrogen-bond acceptors (Lipinski definition) is 2. The van der Waals surface area contributed by atoms with Crippen LogP contribution in [0.2, 0.25) is 0 Å². The first kappa shape index (κ1) is 15.0. The van der Waals surface area contributed by atoms with Crippen LogP contribution >= 0.6 is 0 Å². The van der Waals surface area contributed by atoms with Crippen molar-refractivity contribution in [2.75, 3.05) is 11.4 Å². The largest absolute Gasteiger partial charge is 0.480 e. The van der Waals surface area contributed by atoms with Gasteiger partial charge in [-0.15, -0.1) is 0 Å². The lowest BCUT2D eigenvalue weighted by molar-refractivity contribution is -0.170. The number of aryl methyl sites for hydroxylation is 1. The Labute approximate surface area is 107 Å². The molecule has 0 fully saturated rings. The van der Waals surface area contributed by atoms with Gasteiger partial charge in [-0.1, -0.05) is 19.1 Å². The van der Waals surface area contributed by atoms with Gasteiger partial charge in [0.15, 0.2) is 0 Å². The Balaban J connectivity index is 3.08. The standard InChI is InChI=1S/C12H12F3NO3/c1-2-8-3-5-9(6-4-8)16(7-10(17)18)11(19)12(13,14)15/h3-6H,2,7H2,1H3,(H,17,18). The third-order valence-electron chi connectivity index (χ3n) is 2.44. The van der Waals surface area contributed by atoms with Crippen LogP contribution in [0.5, 0.6) is 0 Å². The molecular weight excluding hydrogens is 263 g/mol. The van der Waals surface area contributed by atoms with Crippen LogP contribution in [0.1, 0.15) is 12.5 Å². The summed E-state index contributed by atoms with van der Waals surface area (Å²) in [4.78, 5) is 22.0. The van der Waals surface area contributed by atoms with Gasteiger partial charge in [-0.3, -0.25) is 14.5 Å². The van der Waals surface area contributed by atoms with Crippen LogP contribution in [0.3, 0.4) is 0 Å².